The van der Waals surface area contributed by atoms with Gasteiger partial charge in [0, 0.05) is 48.1 Å². The number of amides is 1. The van der Waals surface area contributed by atoms with Gasteiger partial charge < -0.3 is 24.9 Å². The van der Waals surface area contributed by atoms with Crippen molar-refractivity contribution in [2.75, 3.05) is 17.2 Å². The van der Waals surface area contributed by atoms with Crippen molar-refractivity contribution in [3.8, 4) is 16.9 Å². The monoisotopic (exact) mass is 464 g/mol. The van der Waals surface area contributed by atoms with E-state index in [9.17, 15) is 4.79 Å². The summed E-state index contributed by atoms with van der Waals surface area (Å²) < 4.78 is 7.35. The largest absolute Gasteiger partial charge is 0.472 e. The van der Waals surface area contributed by atoms with E-state index in [2.05, 4.69) is 39.1 Å². The maximum atomic E-state index is 11.7. The van der Waals surface area contributed by atoms with E-state index < -0.39 is 0 Å². The Morgan fingerprint density at radius 2 is 2.09 bits per heavy atom. The van der Waals surface area contributed by atoms with Crippen molar-refractivity contribution in [2.24, 2.45) is 0 Å². The Morgan fingerprint density at radius 3 is 2.94 bits per heavy atom. The maximum absolute atomic E-state index is 11.7. The number of nitrogens with zero attached hydrogens (tertiary/aromatic N) is 3. The Bertz CT molecular complexity index is 1540. The molecule has 0 spiro atoms. The fourth-order valence-corrected chi connectivity index (χ4v) is 4.57. The number of benzene rings is 2. The van der Waals surface area contributed by atoms with Gasteiger partial charge in [0.1, 0.15) is 0 Å². The Labute approximate surface area is 202 Å². The standard InChI is InChI=1S/C27H24N6O2/c1-17(34)30-24-3-2-4-25-22(24)8-11-33(25)26-23(20-9-12-35-16-20)15-29-27(32-26)31-21-6-5-19-14-28-10-7-18(19)13-21/h2-6,8-9,11-13,15-16,28H,7,10,14H2,1H3,(H,30,34)(H,29,31,32). The van der Waals surface area contributed by atoms with Gasteiger partial charge in [0.25, 0.3) is 0 Å². The van der Waals surface area contributed by atoms with Crippen LogP contribution in [0.5, 0.6) is 0 Å². The van der Waals surface area contributed by atoms with Crippen LogP contribution < -0.4 is 16.0 Å². The second kappa shape index (κ2) is 8.73. The molecular weight excluding hydrogens is 440 g/mol. The van der Waals surface area contributed by atoms with Crippen LogP contribution in [-0.2, 0) is 17.8 Å². The molecule has 4 heterocycles. The molecule has 0 saturated heterocycles. The van der Waals surface area contributed by atoms with Gasteiger partial charge in [0.05, 0.1) is 23.7 Å². The molecule has 8 heteroatoms. The zero-order valence-corrected chi connectivity index (χ0v) is 19.2. The maximum Gasteiger partial charge on any atom is 0.229 e. The number of fused-ring (bicyclic) bond motifs is 2. The van der Waals surface area contributed by atoms with Crippen molar-refractivity contribution in [3.63, 3.8) is 0 Å². The number of nitrogens with one attached hydrogen (secondary N) is 3. The third-order valence-electron chi connectivity index (χ3n) is 6.22. The molecule has 1 aliphatic rings. The number of carbonyl (C=O) groups excluding carboxylic acids is 1. The lowest BCUT2D eigenvalue weighted by Gasteiger charge is -2.18. The molecule has 0 aliphatic carbocycles. The topological polar surface area (TPSA) is 97.0 Å². The highest BCUT2D eigenvalue weighted by molar-refractivity contribution is 6.01. The normalized spacial score (nSPS) is 12.9. The molecule has 0 radical (unpaired) electrons. The second-order valence-corrected chi connectivity index (χ2v) is 8.58. The molecule has 2 aromatic carbocycles. The first-order valence-electron chi connectivity index (χ1n) is 11.5. The molecule has 3 aromatic heterocycles. The van der Waals surface area contributed by atoms with E-state index >= 15 is 0 Å². The summed E-state index contributed by atoms with van der Waals surface area (Å²) in [6.45, 7) is 3.39. The van der Waals surface area contributed by atoms with Crippen LogP contribution in [0.3, 0.4) is 0 Å². The molecule has 5 aromatic rings. The Hall–Kier alpha value is -4.43. The number of anilines is 3. The summed E-state index contributed by atoms with van der Waals surface area (Å²) in [5.41, 5.74) is 7.02. The van der Waals surface area contributed by atoms with Crippen LogP contribution in [0, 0.1) is 0 Å². The predicted molar refractivity (Wildman–Crippen MR) is 136 cm³/mol. The fourth-order valence-electron chi connectivity index (χ4n) is 4.57. The van der Waals surface area contributed by atoms with Crippen molar-refractivity contribution in [1.29, 1.82) is 0 Å². The summed E-state index contributed by atoms with van der Waals surface area (Å²) in [7, 11) is 0. The predicted octanol–water partition coefficient (Wildman–Crippen LogP) is 5.03. The zero-order chi connectivity index (χ0) is 23.8. The summed E-state index contributed by atoms with van der Waals surface area (Å²) in [5, 5.41) is 10.6. The van der Waals surface area contributed by atoms with E-state index in [1.165, 1.54) is 18.1 Å². The summed E-state index contributed by atoms with van der Waals surface area (Å²) in [6.07, 6.45) is 8.08. The van der Waals surface area contributed by atoms with Crippen LogP contribution in [-0.4, -0.2) is 27.0 Å². The summed E-state index contributed by atoms with van der Waals surface area (Å²) in [5.74, 6) is 1.10. The Morgan fingerprint density at radius 1 is 1.14 bits per heavy atom. The molecular formula is C27H24N6O2. The molecule has 0 bridgehead atoms. The molecule has 174 valence electrons. The van der Waals surface area contributed by atoms with E-state index in [1.54, 1.807) is 18.7 Å². The minimum atomic E-state index is -0.112. The zero-order valence-electron chi connectivity index (χ0n) is 19.2. The summed E-state index contributed by atoms with van der Waals surface area (Å²) >= 11 is 0. The first-order valence-corrected chi connectivity index (χ1v) is 11.5. The van der Waals surface area contributed by atoms with Gasteiger partial charge in [-0.1, -0.05) is 12.1 Å². The lowest BCUT2D eigenvalue weighted by Crippen LogP contribution is -2.23. The third kappa shape index (κ3) is 4.04. The number of hydrogen-bond acceptors (Lipinski definition) is 6. The molecule has 0 atom stereocenters. The van der Waals surface area contributed by atoms with Crippen molar-refractivity contribution in [1.82, 2.24) is 19.9 Å². The first kappa shape index (κ1) is 21.1. The highest BCUT2D eigenvalue weighted by Gasteiger charge is 2.17. The second-order valence-electron chi connectivity index (χ2n) is 8.58. The van der Waals surface area contributed by atoms with Crippen LogP contribution in [0.2, 0.25) is 0 Å². The van der Waals surface area contributed by atoms with Crippen molar-refractivity contribution >= 4 is 34.1 Å². The first-order chi connectivity index (χ1) is 17.2. The van der Waals surface area contributed by atoms with Crippen molar-refractivity contribution < 1.29 is 9.21 Å². The van der Waals surface area contributed by atoms with Gasteiger partial charge in [-0.15, -0.1) is 0 Å². The minimum Gasteiger partial charge on any atom is -0.472 e. The molecule has 3 N–H and O–H groups in total. The van der Waals surface area contributed by atoms with Crippen molar-refractivity contribution in [2.45, 2.75) is 19.9 Å². The van der Waals surface area contributed by atoms with Crippen LogP contribution in [0.4, 0.5) is 17.3 Å². The number of furan rings is 1. The minimum absolute atomic E-state index is 0.112. The van der Waals surface area contributed by atoms with E-state index in [0.717, 1.165) is 52.9 Å². The highest BCUT2D eigenvalue weighted by Crippen LogP contribution is 2.32. The summed E-state index contributed by atoms with van der Waals surface area (Å²) in [6, 6.07) is 16.1. The van der Waals surface area contributed by atoms with E-state index in [0.29, 0.717) is 11.8 Å². The SMILES string of the molecule is CC(=O)Nc1cccc2c1ccn2-c1nc(Nc2ccc3c(c2)CCNC3)ncc1-c1ccoc1. The van der Waals surface area contributed by atoms with Crippen LogP contribution in [0.1, 0.15) is 18.1 Å². The molecule has 0 saturated carbocycles. The molecule has 35 heavy (non-hydrogen) atoms. The van der Waals surface area contributed by atoms with E-state index in [-0.39, 0.29) is 5.91 Å². The lowest BCUT2D eigenvalue weighted by molar-refractivity contribution is -0.114. The average Bonchev–Trinajstić information content (AvgIpc) is 3.55. The van der Waals surface area contributed by atoms with Gasteiger partial charge in [-0.25, -0.2) is 4.98 Å². The quantitative estimate of drug-likeness (QED) is 0.338. The smallest absolute Gasteiger partial charge is 0.229 e. The van der Waals surface area contributed by atoms with Crippen LogP contribution >= 0.6 is 0 Å². The number of hydrogen-bond donors (Lipinski definition) is 3. The Kier molecular flexibility index (Phi) is 5.27. The van der Waals surface area contributed by atoms with E-state index in [4.69, 9.17) is 9.40 Å². The highest BCUT2D eigenvalue weighted by atomic mass is 16.3. The number of rotatable bonds is 5. The summed E-state index contributed by atoms with van der Waals surface area (Å²) in [4.78, 5) is 21.2. The van der Waals surface area contributed by atoms with Gasteiger partial charge in [-0.05, 0) is 60.5 Å². The fraction of sp³-hybridized carbons (Fsp3) is 0.148. The van der Waals surface area contributed by atoms with Gasteiger partial charge in [0.2, 0.25) is 11.9 Å². The van der Waals surface area contributed by atoms with Crippen LogP contribution in [0.25, 0.3) is 27.8 Å². The number of aromatic nitrogens is 3. The molecule has 1 aliphatic heterocycles. The molecule has 1 amide bonds. The average molecular weight is 465 g/mol. The van der Waals surface area contributed by atoms with Gasteiger partial charge in [0.15, 0.2) is 5.82 Å². The Balaban J connectivity index is 1.44. The van der Waals surface area contributed by atoms with Gasteiger partial charge in [-0.3, -0.25) is 4.79 Å². The van der Waals surface area contributed by atoms with E-state index in [1.807, 2.05) is 41.1 Å². The van der Waals surface area contributed by atoms with Crippen molar-refractivity contribution in [3.05, 3.63) is 84.6 Å². The van der Waals surface area contributed by atoms with Crippen LogP contribution in [0.15, 0.2) is 77.9 Å². The number of carbonyl (C=O) groups is 1. The molecule has 8 nitrogen and oxygen atoms in total. The van der Waals surface area contributed by atoms with Gasteiger partial charge in [-0.2, -0.15) is 4.98 Å². The lowest BCUT2D eigenvalue weighted by atomic mass is 10.0. The third-order valence-corrected chi connectivity index (χ3v) is 6.22. The molecule has 0 unspecified atom stereocenters. The molecule has 6 rings (SSSR count). The van der Waals surface area contributed by atoms with Gasteiger partial charge >= 0.3 is 0 Å². The molecule has 0 fully saturated rings.